The zero-order valence-electron chi connectivity index (χ0n) is 12.0. The highest BCUT2D eigenvalue weighted by molar-refractivity contribution is 5.75. The maximum atomic E-state index is 11.8. The lowest BCUT2D eigenvalue weighted by molar-refractivity contribution is -0.389. The minimum atomic E-state index is -0.765. The molecule has 1 aromatic heterocycles. The molecule has 0 aromatic carbocycles. The van der Waals surface area contributed by atoms with Crippen LogP contribution in [0.15, 0.2) is 6.20 Å². The van der Waals surface area contributed by atoms with E-state index in [9.17, 15) is 20.0 Å². The fraction of sp³-hybridized carbons (Fsp3) is 0.692. The minimum Gasteiger partial charge on any atom is -0.388 e. The number of carbonyl (C=O) groups excluding carboxylic acids is 1. The van der Waals surface area contributed by atoms with Crippen molar-refractivity contribution in [1.29, 1.82) is 0 Å². The van der Waals surface area contributed by atoms with Gasteiger partial charge in [-0.3, -0.25) is 4.79 Å². The molecule has 0 aliphatic heterocycles. The van der Waals surface area contributed by atoms with Crippen molar-refractivity contribution >= 4 is 11.7 Å². The molecule has 0 radical (unpaired) electrons. The standard InChI is InChI=1S/C13H20N4O4/c1-10-15-11(17(20)21)8-16(10)7-4-12(18)14-9-13(19)5-2-3-6-13/h8,19H,2-7,9H2,1H3,(H,14,18). The molecule has 0 bridgehead atoms. The van der Waals surface area contributed by atoms with E-state index in [1.165, 1.54) is 6.20 Å². The van der Waals surface area contributed by atoms with Crippen LogP contribution in [0.5, 0.6) is 0 Å². The van der Waals surface area contributed by atoms with Gasteiger partial charge < -0.3 is 25.1 Å². The van der Waals surface area contributed by atoms with Crippen LogP contribution in [-0.2, 0) is 11.3 Å². The first-order valence-electron chi connectivity index (χ1n) is 7.07. The third-order valence-electron chi connectivity index (χ3n) is 3.88. The van der Waals surface area contributed by atoms with Gasteiger partial charge in [0.2, 0.25) is 11.7 Å². The van der Waals surface area contributed by atoms with Crippen LogP contribution in [-0.4, -0.2) is 37.6 Å². The Labute approximate surface area is 122 Å². The highest BCUT2D eigenvalue weighted by atomic mass is 16.6. The van der Waals surface area contributed by atoms with E-state index in [4.69, 9.17) is 0 Å². The molecule has 1 saturated carbocycles. The van der Waals surface area contributed by atoms with E-state index >= 15 is 0 Å². The third-order valence-corrected chi connectivity index (χ3v) is 3.88. The number of amides is 1. The molecule has 0 spiro atoms. The molecule has 1 aromatic rings. The molecule has 0 atom stereocenters. The van der Waals surface area contributed by atoms with Crippen molar-refractivity contribution in [3.8, 4) is 0 Å². The van der Waals surface area contributed by atoms with Gasteiger partial charge in [0.25, 0.3) is 0 Å². The number of aliphatic hydroxyl groups is 1. The summed E-state index contributed by atoms with van der Waals surface area (Å²) in [4.78, 5) is 25.6. The summed E-state index contributed by atoms with van der Waals surface area (Å²) in [5, 5.41) is 23.5. The third kappa shape index (κ3) is 4.01. The second-order valence-corrected chi connectivity index (χ2v) is 5.55. The van der Waals surface area contributed by atoms with E-state index in [-0.39, 0.29) is 24.7 Å². The van der Waals surface area contributed by atoms with Gasteiger partial charge in [-0.25, -0.2) is 0 Å². The van der Waals surface area contributed by atoms with Gasteiger partial charge in [0.05, 0.1) is 5.60 Å². The molecule has 0 unspecified atom stereocenters. The van der Waals surface area contributed by atoms with Crippen LogP contribution in [0.3, 0.4) is 0 Å². The second-order valence-electron chi connectivity index (χ2n) is 5.55. The first-order chi connectivity index (χ1) is 9.89. The Morgan fingerprint density at radius 3 is 2.81 bits per heavy atom. The molecule has 0 saturated heterocycles. The Morgan fingerprint density at radius 1 is 1.57 bits per heavy atom. The van der Waals surface area contributed by atoms with Crippen LogP contribution < -0.4 is 5.32 Å². The first-order valence-corrected chi connectivity index (χ1v) is 7.07. The molecular weight excluding hydrogens is 276 g/mol. The zero-order valence-corrected chi connectivity index (χ0v) is 12.0. The Bertz CT molecular complexity index is 534. The van der Waals surface area contributed by atoms with Crippen LogP contribution in [0.2, 0.25) is 0 Å². The minimum absolute atomic E-state index is 0.175. The van der Waals surface area contributed by atoms with Crippen molar-refractivity contribution in [3.05, 3.63) is 22.1 Å². The topological polar surface area (TPSA) is 110 Å². The average Bonchev–Trinajstić information content (AvgIpc) is 3.01. The Morgan fingerprint density at radius 2 is 2.24 bits per heavy atom. The molecule has 116 valence electrons. The molecule has 1 heterocycles. The van der Waals surface area contributed by atoms with Gasteiger partial charge in [-0.1, -0.05) is 12.8 Å². The van der Waals surface area contributed by atoms with Crippen LogP contribution in [0, 0.1) is 17.0 Å². The predicted molar refractivity (Wildman–Crippen MR) is 74.7 cm³/mol. The first kappa shape index (κ1) is 15.4. The number of carbonyl (C=O) groups is 1. The van der Waals surface area contributed by atoms with E-state index in [0.717, 1.165) is 25.7 Å². The van der Waals surface area contributed by atoms with E-state index in [0.29, 0.717) is 12.4 Å². The summed E-state index contributed by atoms with van der Waals surface area (Å²) in [6.07, 6.45) is 4.95. The quantitative estimate of drug-likeness (QED) is 0.599. The van der Waals surface area contributed by atoms with Crippen molar-refractivity contribution < 1.29 is 14.8 Å². The SMILES string of the molecule is Cc1nc([N+](=O)[O-])cn1CCC(=O)NCC1(O)CCCC1. The molecular formula is C13H20N4O4. The van der Waals surface area contributed by atoms with Gasteiger partial charge in [0.15, 0.2) is 0 Å². The van der Waals surface area contributed by atoms with Crippen molar-refractivity contribution in [2.75, 3.05) is 6.54 Å². The van der Waals surface area contributed by atoms with E-state index in [1.54, 1.807) is 11.5 Å². The Balaban J connectivity index is 1.80. The molecule has 8 nitrogen and oxygen atoms in total. The smallest absolute Gasteiger partial charge is 0.381 e. The lowest BCUT2D eigenvalue weighted by Gasteiger charge is -2.22. The van der Waals surface area contributed by atoms with Gasteiger partial charge in [-0.2, -0.15) is 0 Å². The Hall–Kier alpha value is -1.96. The van der Waals surface area contributed by atoms with Crippen LogP contribution in [0.4, 0.5) is 5.82 Å². The van der Waals surface area contributed by atoms with Gasteiger partial charge in [0.1, 0.15) is 6.20 Å². The number of aromatic nitrogens is 2. The number of nitro groups is 1. The van der Waals surface area contributed by atoms with E-state index < -0.39 is 10.5 Å². The fourth-order valence-corrected chi connectivity index (χ4v) is 2.59. The van der Waals surface area contributed by atoms with Gasteiger partial charge in [-0.05, 0) is 22.7 Å². The predicted octanol–water partition coefficient (Wildman–Crippen LogP) is 0.911. The van der Waals surface area contributed by atoms with Crippen LogP contribution >= 0.6 is 0 Å². The lowest BCUT2D eigenvalue weighted by atomic mass is 10.0. The Kier molecular flexibility index (Phi) is 4.56. The van der Waals surface area contributed by atoms with Crippen molar-refractivity contribution in [1.82, 2.24) is 14.9 Å². The monoisotopic (exact) mass is 296 g/mol. The molecule has 21 heavy (non-hydrogen) atoms. The van der Waals surface area contributed by atoms with Crippen LogP contribution in [0.25, 0.3) is 0 Å². The van der Waals surface area contributed by atoms with Crippen molar-refractivity contribution in [3.63, 3.8) is 0 Å². The number of nitrogens with zero attached hydrogens (tertiary/aromatic N) is 3. The van der Waals surface area contributed by atoms with Gasteiger partial charge in [0, 0.05) is 26.4 Å². The molecule has 1 fully saturated rings. The van der Waals surface area contributed by atoms with Crippen molar-refractivity contribution in [2.24, 2.45) is 0 Å². The summed E-state index contributed by atoms with van der Waals surface area (Å²) in [7, 11) is 0. The summed E-state index contributed by atoms with van der Waals surface area (Å²) >= 11 is 0. The molecule has 1 amide bonds. The number of hydrogen-bond acceptors (Lipinski definition) is 5. The molecule has 2 rings (SSSR count). The summed E-state index contributed by atoms with van der Waals surface area (Å²) < 4.78 is 1.59. The van der Waals surface area contributed by atoms with Crippen LogP contribution in [0.1, 0.15) is 37.9 Å². The lowest BCUT2D eigenvalue weighted by Crippen LogP contribution is -2.40. The number of nitrogens with one attached hydrogen (secondary N) is 1. The fourth-order valence-electron chi connectivity index (χ4n) is 2.59. The highest BCUT2D eigenvalue weighted by Gasteiger charge is 2.31. The summed E-state index contributed by atoms with van der Waals surface area (Å²) in [5.41, 5.74) is -0.765. The maximum absolute atomic E-state index is 11.8. The molecule has 1 aliphatic carbocycles. The number of imidazole rings is 1. The highest BCUT2D eigenvalue weighted by Crippen LogP contribution is 2.28. The molecule has 1 aliphatic rings. The second kappa shape index (κ2) is 6.21. The normalized spacial score (nSPS) is 16.9. The number of aryl methyl sites for hydroxylation is 2. The zero-order chi connectivity index (χ0) is 15.5. The van der Waals surface area contributed by atoms with Gasteiger partial charge in [-0.15, -0.1) is 0 Å². The van der Waals surface area contributed by atoms with Crippen molar-refractivity contribution in [2.45, 2.75) is 51.2 Å². The largest absolute Gasteiger partial charge is 0.388 e. The van der Waals surface area contributed by atoms with E-state index in [2.05, 4.69) is 10.3 Å². The number of hydrogen-bond donors (Lipinski definition) is 2. The summed E-state index contributed by atoms with van der Waals surface area (Å²) in [5.74, 6) is 0.114. The summed E-state index contributed by atoms with van der Waals surface area (Å²) in [6, 6.07) is 0. The maximum Gasteiger partial charge on any atom is 0.381 e. The van der Waals surface area contributed by atoms with E-state index in [1.807, 2.05) is 0 Å². The molecule has 2 N–H and O–H groups in total. The summed E-state index contributed by atoms with van der Waals surface area (Å²) in [6.45, 7) is 2.26. The average molecular weight is 296 g/mol. The van der Waals surface area contributed by atoms with Gasteiger partial charge >= 0.3 is 5.82 Å². The molecule has 8 heteroatoms. The number of rotatable bonds is 6.